The van der Waals surface area contributed by atoms with E-state index in [1.807, 2.05) is 30.5 Å². The van der Waals surface area contributed by atoms with Gasteiger partial charge in [-0.25, -0.2) is 8.42 Å². The molecule has 0 saturated carbocycles. The van der Waals surface area contributed by atoms with Crippen LogP contribution in [0.4, 0.5) is 11.4 Å². The van der Waals surface area contributed by atoms with Crippen LogP contribution in [0, 0.1) is 0 Å². The van der Waals surface area contributed by atoms with Crippen molar-refractivity contribution in [2.45, 2.75) is 17.7 Å². The second-order valence-corrected chi connectivity index (χ2v) is 9.38. The number of carbonyl (C=O) groups is 1. The molecule has 0 aliphatic rings. The Morgan fingerprint density at radius 2 is 1.89 bits per heavy atom. The van der Waals surface area contributed by atoms with Gasteiger partial charge in [-0.05, 0) is 43.0 Å². The van der Waals surface area contributed by atoms with E-state index < -0.39 is 10.0 Å². The number of nitrogens with zero attached hydrogens (tertiary/aromatic N) is 1. The van der Waals surface area contributed by atoms with Crippen molar-refractivity contribution < 1.29 is 13.2 Å². The number of rotatable bonds is 8. The van der Waals surface area contributed by atoms with Gasteiger partial charge < -0.3 is 5.32 Å². The maximum Gasteiger partial charge on any atom is 0.232 e. The van der Waals surface area contributed by atoms with Gasteiger partial charge in [0.15, 0.2) is 0 Å². The van der Waals surface area contributed by atoms with Crippen molar-refractivity contribution in [3.63, 3.8) is 0 Å². The van der Waals surface area contributed by atoms with Crippen LogP contribution in [0.5, 0.6) is 0 Å². The zero-order chi connectivity index (χ0) is 20.0. The molecule has 0 bridgehead atoms. The second kappa shape index (κ2) is 9.68. The van der Waals surface area contributed by atoms with E-state index in [9.17, 15) is 13.2 Å². The van der Waals surface area contributed by atoms with Crippen molar-refractivity contribution in [3.8, 4) is 0 Å². The fraction of sp³-hybridized carbons (Fsp3) is 0.278. The number of para-hydroxylation sites is 1. The average Bonchev–Trinajstić information content (AvgIpc) is 2.60. The number of benzene rings is 2. The van der Waals surface area contributed by atoms with Crippen LogP contribution in [0.15, 0.2) is 47.4 Å². The summed E-state index contributed by atoms with van der Waals surface area (Å²) in [5, 5.41) is 3.52. The van der Waals surface area contributed by atoms with Gasteiger partial charge in [0.05, 0.1) is 22.7 Å². The molecule has 0 atom stereocenters. The Kier molecular flexibility index (Phi) is 7.85. The second-order valence-electron chi connectivity index (χ2n) is 5.78. The number of anilines is 2. The van der Waals surface area contributed by atoms with E-state index in [1.54, 1.807) is 23.9 Å². The maximum absolute atomic E-state index is 12.2. The average molecular weight is 447 g/mol. The summed E-state index contributed by atoms with van der Waals surface area (Å²) in [5.41, 5.74) is 1.05. The summed E-state index contributed by atoms with van der Waals surface area (Å²) in [7, 11) is -3.57. The number of halogens is 2. The van der Waals surface area contributed by atoms with Gasteiger partial charge in [0, 0.05) is 22.9 Å². The van der Waals surface area contributed by atoms with Crippen LogP contribution >= 0.6 is 35.0 Å². The lowest BCUT2D eigenvalue weighted by molar-refractivity contribution is -0.116. The van der Waals surface area contributed by atoms with Gasteiger partial charge in [-0.2, -0.15) is 0 Å². The van der Waals surface area contributed by atoms with Crippen molar-refractivity contribution >= 4 is 62.3 Å². The van der Waals surface area contributed by atoms with E-state index in [0.717, 1.165) is 16.8 Å². The molecule has 2 rings (SSSR count). The Balaban J connectivity index is 2.04. The molecule has 2 aromatic rings. The summed E-state index contributed by atoms with van der Waals surface area (Å²) in [6, 6.07) is 12.1. The third-order valence-electron chi connectivity index (χ3n) is 3.72. The van der Waals surface area contributed by atoms with Gasteiger partial charge in [0.25, 0.3) is 0 Å². The van der Waals surface area contributed by atoms with Gasteiger partial charge in [0.2, 0.25) is 15.9 Å². The summed E-state index contributed by atoms with van der Waals surface area (Å²) in [4.78, 5) is 13.2. The van der Waals surface area contributed by atoms with Crippen LogP contribution in [0.25, 0.3) is 0 Å². The van der Waals surface area contributed by atoms with E-state index in [2.05, 4.69) is 5.32 Å². The number of nitrogens with one attached hydrogen (secondary N) is 1. The molecule has 2 aromatic carbocycles. The summed E-state index contributed by atoms with van der Waals surface area (Å²) in [5.74, 6) is -0.179. The van der Waals surface area contributed by atoms with Crippen LogP contribution < -0.4 is 9.62 Å². The molecule has 1 N–H and O–H groups in total. The smallest absolute Gasteiger partial charge is 0.232 e. The quantitative estimate of drug-likeness (QED) is 0.585. The predicted octanol–water partition coefficient (Wildman–Crippen LogP) is 4.90. The highest BCUT2D eigenvalue weighted by Crippen LogP contribution is 2.31. The van der Waals surface area contributed by atoms with Crippen molar-refractivity contribution in [1.82, 2.24) is 0 Å². The number of thioether (sulfide) groups is 1. The van der Waals surface area contributed by atoms with Crippen LogP contribution in [-0.2, 0) is 14.8 Å². The van der Waals surface area contributed by atoms with Crippen LogP contribution in [0.1, 0.15) is 12.8 Å². The highest BCUT2D eigenvalue weighted by atomic mass is 35.5. The molecule has 0 spiro atoms. The summed E-state index contributed by atoms with van der Waals surface area (Å²) in [6.07, 6.45) is 3.54. The Morgan fingerprint density at radius 1 is 1.19 bits per heavy atom. The van der Waals surface area contributed by atoms with Gasteiger partial charge in [-0.3, -0.25) is 9.10 Å². The minimum absolute atomic E-state index is 0.122. The predicted molar refractivity (Wildman–Crippen MR) is 115 cm³/mol. The standard InChI is InChI=1S/C18H20Cl2N2O3S2/c1-26-17-7-4-3-6-15(17)21-18(23)8-5-11-22(27(2,24)25)16-12-13(19)9-10-14(16)20/h3-4,6-7,9-10,12H,5,8,11H2,1-2H3,(H,21,23). The zero-order valence-electron chi connectivity index (χ0n) is 14.9. The first kappa shape index (κ1) is 21.9. The molecular formula is C18H20Cl2N2O3S2. The summed E-state index contributed by atoms with van der Waals surface area (Å²) >= 11 is 13.6. The Hall–Kier alpha value is -1.41. The molecule has 5 nitrogen and oxygen atoms in total. The molecular weight excluding hydrogens is 427 g/mol. The molecule has 9 heteroatoms. The Morgan fingerprint density at radius 3 is 2.56 bits per heavy atom. The molecule has 0 fully saturated rings. The molecule has 0 heterocycles. The molecule has 146 valence electrons. The van der Waals surface area contributed by atoms with E-state index in [1.165, 1.54) is 10.4 Å². The lowest BCUT2D eigenvalue weighted by Gasteiger charge is -2.23. The molecule has 0 aromatic heterocycles. The molecule has 0 saturated heterocycles. The number of hydrogen-bond donors (Lipinski definition) is 1. The molecule has 27 heavy (non-hydrogen) atoms. The van der Waals surface area contributed by atoms with Crippen molar-refractivity contribution in [2.75, 3.05) is 28.7 Å². The molecule has 0 unspecified atom stereocenters. The SMILES string of the molecule is CSc1ccccc1NC(=O)CCCN(c1cc(Cl)ccc1Cl)S(C)(=O)=O. The molecule has 0 aliphatic heterocycles. The highest BCUT2D eigenvalue weighted by Gasteiger charge is 2.20. The van der Waals surface area contributed by atoms with Crippen LogP contribution in [-0.4, -0.2) is 33.4 Å². The fourth-order valence-corrected chi connectivity index (χ4v) is 4.44. The highest BCUT2D eigenvalue weighted by molar-refractivity contribution is 7.98. The largest absolute Gasteiger partial charge is 0.325 e. The summed E-state index contributed by atoms with van der Waals surface area (Å²) < 4.78 is 25.5. The molecule has 0 aliphatic carbocycles. The number of sulfonamides is 1. The normalized spacial score (nSPS) is 11.3. The zero-order valence-corrected chi connectivity index (χ0v) is 18.1. The fourth-order valence-electron chi connectivity index (χ4n) is 2.49. The number of amides is 1. The minimum Gasteiger partial charge on any atom is -0.325 e. The van der Waals surface area contributed by atoms with Gasteiger partial charge in [0.1, 0.15) is 0 Å². The summed E-state index contributed by atoms with van der Waals surface area (Å²) in [6.45, 7) is 0.122. The van der Waals surface area contributed by atoms with Crippen molar-refractivity contribution in [1.29, 1.82) is 0 Å². The van der Waals surface area contributed by atoms with E-state index >= 15 is 0 Å². The topological polar surface area (TPSA) is 66.5 Å². The lowest BCUT2D eigenvalue weighted by Crippen LogP contribution is -2.31. The third kappa shape index (κ3) is 6.31. The van der Waals surface area contributed by atoms with E-state index in [4.69, 9.17) is 23.2 Å². The van der Waals surface area contributed by atoms with E-state index in [0.29, 0.717) is 17.1 Å². The monoisotopic (exact) mass is 446 g/mol. The van der Waals surface area contributed by atoms with Crippen molar-refractivity contribution in [3.05, 3.63) is 52.5 Å². The number of carbonyl (C=O) groups excluding carboxylic acids is 1. The van der Waals surface area contributed by atoms with Gasteiger partial charge >= 0.3 is 0 Å². The molecule has 1 amide bonds. The number of hydrogen-bond acceptors (Lipinski definition) is 4. The van der Waals surface area contributed by atoms with E-state index in [-0.39, 0.29) is 23.9 Å². The lowest BCUT2D eigenvalue weighted by atomic mass is 10.2. The minimum atomic E-state index is -3.57. The van der Waals surface area contributed by atoms with Gasteiger partial charge in [-0.1, -0.05) is 35.3 Å². The first-order valence-electron chi connectivity index (χ1n) is 8.08. The third-order valence-corrected chi connectivity index (χ3v) is 6.25. The van der Waals surface area contributed by atoms with Crippen LogP contribution in [0.2, 0.25) is 10.0 Å². The van der Waals surface area contributed by atoms with Crippen molar-refractivity contribution in [2.24, 2.45) is 0 Å². The van der Waals surface area contributed by atoms with Gasteiger partial charge in [-0.15, -0.1) is 11.8 Å². The maximum atomic E-state index is 12.2. The first-order chi connectivity index (χ1) is 12.7. The molecule has 0 radical (unpaired) electrons. The Labute approximate surface area is 174 Å². The first-order valence-corrected chi connectivity index (χ1v) is 11.9. The van der Waals surface area contributed by atoms with Crippen LogP contribution in [0.3, 0.4) is 0 Å². The Bertz CT molecular complexity index is 921.